The van der Waals surface area contributed by atoms with Gasteiger partial charge in [0.15, 0.2) is 0 Å². The van der Waals surface area contributed by atoms with Crippen molar-refractivity contribution in [2.24, 2.45) is 0 Å². The van der Waals surface area contributed by atoms with Crippen molar-refractivity contribution in [1.82, 2.24) is 10.3 Å². The Hall–Kier alpha value is -3.19. The standard InChI is InChI=1S/C29H35N3O3S/c1-2-3-4-5-8-18-35-23-15-13-22(14-16-23)27(33)32-29-26(24-11-6-7-12-25(24)36-29)28(34)31-20-21-10-9-17-30-19-21/h9-10,13-17,19H,2-8,11-12,18,20H2,1H3,(H,31,34)(H,32,33). The van der Waals surface area contributed by atoms with Gasteiger partial charge in [-0.1, -0.05) is 38.7 Å². The molecular formula is C29H35N3O3S. The number of anilines is 1. The van der Waals surface area contributed by atoms with Gasteiger partial charge in [-0.05, 0) is 73.6 Å². The molecule has 0 saturated heterocycles. The van der Waals surface area contributed by atoms with Gasteiger partial charge >= 0.3 is 0 Å². The number of hydrogen-bond acceptors (Lipinski definition) is 5. The number of carbonyl (C=O) groups excluding carboxylic acids is 2. The maximum Gasteiger partial charge on any atom is 0.256 e. The number of ether oxygens (including phenoxy) is 1. The lowest BCUT2D eigenvalue weighted by molar-refractivity contribution is 0.0951. The third kappa shape index (κ3) is 6.94. The van der Waals surface area contributed by atoms with Gasteiger partial charge in [-0.15, -0.1) is 11.3 Å². The van der Waals surface area contributed by atoms with Crippen LogP contribution in [0.2, 0.25) is 0 Å². The summed E-state index contributed by atoms with van der Waals surface area (Å²) in [5.41, 5.74) is 3.16. The van der Waals surface area contributed by atoms with Gasteiger partial charge in [0.2, 0.25) is 0 Å². The summed E-state index contributed by atoms with van der Waals surface area (Å²) in [6.45, 7) is 3.29. The molecule has 0 radical (unpaired) electrons. The minimum Gasteiger partial charge on any atom is -0.494 e. The first-order valence-electron chi connectivity index (χ1n) is 13.0. The van der Waals surface area contributed by atoms with Crippen LogP contribution in [-0.2, 0) is 19.4 Å². The van der Waals surface area contributed by atoms with Crippen molar-refractivity contribution in [3.8, 4) is 5.75 Å². The van der Waals surface area contributed by atoms with E-state index in [2.05, 4.69) is 22.5 Å². The topological polar surface area (TPSA) is 80.3 Å². The number of nitrogens with one attached hydrogen (secondary N) is 2. The van der Waals surface area contributed by atoms with E-state index in [4.69, 9.17) is 4.74 Å². The number of amides is 2. The van der Waals surface area contributed by atoms with Crippen LogP contribution >= 0.6 is 11.3 Å². The van der Waals surface area contributed by atoms with Crippen molar-refractivity contribution in [3.05, 3.63) is 75.9 Å². The highest BCUT2D eigenvalue weighted by Gasteiger charge is 2.26. The first-order valence-corrected chi connectivity index (χ1v) is 13.8. The molecule has 6 nitrogen and oxygen atoms in total. The minimum atomic E-state index is -0.221. The molecule has 3 aromatic rings. The van der Waals surface area contributed by atoms with E-state index in [1.165, 1.54) is 41.9 Å². The predicted molar refractivity (Wildman–Crippen MR) is 145 cm³/mol. The SMILES string of the molecule is CCCCCCCOc1ccc(C(=O)Nc2sc3c(c2C(=O)NCc2cccnc2)CCCC3)cc1. The number of carbonyl (C=O) groups is 2. The number of thiophene rings is 1. The van der Waals surface area contributed by atoms with Crippen LogP contribution in [0.15, 0.2) is 48.8 Å². The Morgan fingerprint density at radius 3 is 2.58 bits per heavy atom. The average Bonchev–Trinajstić information content (AvgIpc) is 3.28. The number of fused-ring (bicyclic) bond motifs is 1. The van der Waals surface area contributed by atoms with Gasteiger partial charge < -0.3 is 15.4 Å². The molecule has 0 bridgehead atoms. The monoisotopic (exact) mass is 505 g/mol. The zero-order valence-corrected chi connectivity index (χ0v) is 21.8. The van der Waals surface area contributed by atoms with Crippen LogP contribution in [0, 0.1) is 0 Å². The molecule has 2 N–H and O–H groups in total. The molecule has 1 aliphatic rings. The Bertz CT molecular complexity index is 1140. The highest BCUT2D eigenvalue weighted by molar-refractivity contribution is 7.17. The molecule has 0 atom stereocenters. The van der Waals surface area contributed by atoms with Crippen LogP contribution in [0.25, 0.3) is 0 Å². The molecule has 0 aliphatic heterocycles. The van der Waals surface area contributed by atoms with Crippen molar-refractivity contribution in [3.63, 3.8) is 0 Å². The fourth-order valence-electron chi connectivity index (χ4n) is 4.44. The van der Waals surface area contributed by atoms with Crippen LogP contribution in [-0.4, -0.2) is 23.4 Å². The molecule has 0 unspecified atom stereocenters. The normalized spacial score (nSPS) is 12.6. The second-order valence-corrected chi connectivity index (χ2v) is 10.3. The molecule has 1 aliphatic carbocycles. The fourth-order valence-corrected chi connectivity index (χ4v) is 5.72. The highest BCUT2D eigenvalue weighted by Crippen LogP contribution is 2.38. The van der Waals surface area contributed by atoms with E-state index in [0.717, 1.165) is 49.0 Å². The van der Waals surface area contributed by atoms with Gasteiger partial charge in [0.1, 0.15) is 10.8 Å². The van der Waals surface area contributed by atoms with E-state index in [9.17, 15) is 9.59 Å². The molecule has 2 heterocycles. The summed E-state index contributed by atoms with van der Waals surface area (Å²) in [5.74, 6) is 0.390. The third-order valence-electron chi connectivity index (χ3n) is 6.43. The number of pyridine rings is 1. The van der Waals surface area contributed by atoms with Crippen LogP contribution in [0.5, 0.6) is 5.75 Å². The number of benzene rings is 1. The third-order valence-corrected chi connectivity index (χ3v) is 7.64. The maximum atomic E-state index is 13.2. The average molecular weight is 506 g/mol. The highest BCUT2D eigenvalue weighted by atomic mass is 32.1. The number of nitrogens with zero attached hydrogens (tertiary/aromatic N) is 1. The van der Waals surface area contributed by atoms with E-state index in [-0.39, 0.29) is 11.8 Å². The zero-order valence-electron chi connectivity index (χ0n) is 21.0. The molecule has 0 fully saturated rings. The summed E-state index contributed by atoms with van der Waals surface area (Å²) in [4.78, 5) is 31.6. The predicted octanol–water partition coefficient (Wildman–Crippen LogP) is 6.55. The number of aryl methyl sites for hydroxylation is 1. The molecule has 2 amide bonds. The molecule has 2 aromatic heterocycles. The molecule has 4 rings (SSSR count). The summed E-state index contributed by atoms with van der Waals surface area (Å²) in [6.07, 6.45) is 13.4. The number of rotatable bonds is 12. The van der Waals surface area contributed by atoms with E-state index in [1.54, 1.807) is 24.5 Å². The van der Waals surface area contributed by atoms with E-state index in [0.29, 0.717) is 29.3 Å². The van der Waals surface area contributed by atoms with Gasteiger partial charge in [-0.25, -0.2) is 0 Å². The molecule has 36 heavy (non-hydrogen) atoms. The zero-order chi connectivity index (χ0) is 25.2. The molecule has 1 aromatic carbocycles. The van der Waals surface area contributed by atoms with Gasteiger partial charge in [-0.3, -0.25) is 14.6 Å². The molecule has 0 spiro atoms. The summed E-state index contributed by atoms with van der Waals surface area (Å²) in [6, 6.07) is 11.0. The van der Waals surface area contributed by atoms with Crippen LogP contribution in [0.1, 0.15) is 88.6 Å². The first kappa shape index (κ1) is 25.9. The smallest absolute Gasteiger partial charge is 0.256 e. The summed E-state index contributed by atoms with van der Waals surface area (Å²) in [7, 11) is 0. The van der Waals surface area contributed by atoms with E-state index < -0.39 is 0 Å². The molecule has 7 heteroatoms. The summed E-state index contributed by atoms with van der Waals surface area (Å²) < 4.78 is 5.82. The van der Waals surface area contributed by atoms with Crippen molar-refractivity contribution in [2.45, 2.75) is 71.3 Å². The summed E-state index contributed by atoms with van der Waals surface area (Å²) in [5, 5.41) is 6.66. The lowest BCUT2D eigenvalue weighted by Gasteiger charge is -2.13. The van der Waals surface area contributed by atoms with Crippen LogP contribution in [0.4, 0.5) is 5.00 Å². The van der Waals surface area contributed by atoms with Crippen molar-refractivity contribution >= 4 is 28.2 Å². The molecule has 190 valence electrons. The molecular weight excluding hydrogens is 470 g/mol. The van der Waals surface area contributed by atoms with Gasteiger partial charge in [0, 0.05) is 29.4 Å². The van der Waals surface area contributed by atoms with Gasteiger partial charge in [0.25, 0.3) is 11.8 Å². The Balaban J connectivity index is 1.40. The van der Waals surface area contributed by atoms with Crippen LogP contribution in [0.3, 0.4) is 0 Å². The minimum absolute atomic E-state index is 0.156. The fraction of sp³-hybridized carbons (Fsp3) is 0.414. The lowest BCUT2D eigenvalue weighted by atomic mass is 9.95. The van der Waals surface area contributed by atoms with E-state index >= 15 is 0 Å². The Morgan fingerprint density at radius 1 is 1.00 bits per heavy atom. The Labute approximate surface area is 217 Å². The van der Waals surface area contributed by atoms with Crippen molar-refractivity contribution < 1.29 is 14.3 Å². The summed E-state index contributed by atoms with van der Waals surface area (Å²) >= 11 is 1.53. The molecule has 0 saturated carbocycles. The number of hydrogen-bond donors (Lipinski definition) is 2. The lowest BCUT2D eigenvalue weighted by Crippen LogP contribution is -2.25. The Kier molecular flexibility index (Phi) is 9.50. The first-order chi connectivity index (χ1) is 17.7. The maximum absolute atomic E-state index is 13.2. The number of aromatic nitrogens is 1. The van der Waals surface area contributed by atoms with Crippen LogP contribution < -0.4 is 15.4 Å². The van der Waals surface area contributed by atoms with E-state index in [1.807, 2.05) is 24.3 Å². The largest absolute Gasteiger partial charge is 0.494 e. The van der Waals surface area contributed by atoms with Gasteiger partial charge in [-0.2, -0.15) is 0 Å². The number of unbranched alkanes of at least 4 members (excludes halogenated alkanes) is 4. The Morgan fingerprint density at radius 2 is 1.81 bits per heavy atom. The van der Waals surface area contributed by atoms with Crippen molar-refractivity contribution in [1.29, 1.82) is 0 Å². The quantitative estimate of drug-likeness (QED) is 0.273. The van der Waals surface area contributed by atoms with Gasteiger partial charge in [0.05, 0.1) is 12.2 Å². The second kappa shape index (κ2) is 13.2. The van der Waals surface area contributed by atoms with Crippen molar-refractivity contribution in [2.75, 3.05) is 11.9 Å². The second-order valence-electron chi connectivity index (χ2n) is 9.20.